The second-order valence-electron chi connectivity index (χ2n) is 7.01. The number of benzene rings is 3. The molecule has 160 valence electrons. The molecule has 31 heavy (non-hydrogen) atoms. The molecule has 0 aromatic heterocycles. The van der Waals surface area contributed by atoms with E-state index in [9.17, 15) is 26.9 Å². The first kappa shape index (κ1) is 22.5. The maximum atomic E-state index is 13.6. The highest BCUT2D eigenvalue weighted by atomic mass is 32.2. The van der Waals surface area contributed by atoms with Gasteiger partial charge in [-0.3, -0.25) is 0 Å². The minimum absolute atomic E-state index is 0.0418. The van der Waals surface area contributed by atoms with Crippen LogP contribution < -0.4 is 4.72 Å². The lowest BCUT2D eigenvalue weighted by atomic mass is 9.86. The van der Waals surface area contributed by atoms with Crippen molar-refractivity contribution in [3.63, 3.8) is 0 Å². The van der Waals surface area contributed by atoms with E-state index >= 15 is 0 Å². The Hall–Kier alpha value is -3.15. The molecular formula is C23H19F3N2O2S. The molecule has 0 amide bonds. The van der Waals surface area contributed by atoms with Crippen molar-refractivity contribution in [3.8, 4) is 6.07 Å². The van der Waals surface area contributed by atoms with Crippen molar-refractivity contribution in [2.75, 3.05) is 0 Å². The van der Waals surface area contributed by atoms with Crippen LogP contribution >= 0.6 is 0 Å². The zero-order valence-electron chi connectivity index (χ0n) is 16.5. The lowest BCUT2D eigenvalue weighted by Gasteiger charge is -2.26. The second kappa shape index (κ2) is 8.92. The average Bonchev–Trinajstić information content (AvgIpc) is 2.74. The van der Waals surface area contributed by atoms with Crippen LogP contribution in [0.4, 0.5) is 13.2 Å². The number of aryl methyl sites for hydroxylation is 1. The molecule has 3 aromatic carbocycles. The summed E-state index contributed by atoms with van der Waals surface area (Å²) in [6.07, 6.45) is -4.69. The molecule has 8 heteroatoms. The molecule has 0 spiro atoms. The predicted octanol–water partition coefficient (Wildman–Crippen LogP) is 5.34. The number of nitrogens with zero attached hydrogens (tertiary/aromatic N) is 1. The Balaban J connectivity index is 2.12. The van der Waals surface area contributed by atoms with Crippen LogP contribution in [-0.2, 0) is 16.2 Å². The third-order valence-electron chi connectivity index (χ3n) is 4.85. The van der Waals surface area contributed by atoms with Gasteiger partial charge in [0.15, 0.2) is 0 Å². The number of hydrogen-bond donors (Lipinski definition) is 1. The molecular weight excluding hydrogens is 425 g/mol. The predicted molar refractivity (Wildman–Crippen MR) is 110 cm³/mol. The minimum atomic E-state index is -4.69. The molecule has 0 aliphatic rings. The fraction of sp³-hybridized carbons (Fsp3) is 0.174. The number of halogens is 3. The highest BCUT2D eigenvalue weighted by molar-refractivity contribution is 7.89. The number of nitriles is 1. The molecule has 0 bridgehead atoms. The summed E-state index contributed by atoms with van der Waals surface area (Å²) in [6.45, 7) is 1.80. The fourth-order valence-electron chi connectivity index (χ4n) is 3.29. The van der Waals surface area contributed by atoms with Crippen molar-refractivity contribution >= 4 is 10.0 Å². The van der Waals surface area contributed by atoms with Crippen LogP contribution in [0.25, 0.3) is 0 Å². The summed E-state index contributed by atoms with van der Waals surface area (Å²) in [4.78, 5) is -0.0418. The maximum Gasteiger partial charge on any atom is 0.416 e. The van der Waals surface area contributed by atoms with E-state index in [1.807, 2.05) is 6.07 Å². The van der Waals surface area contributed by atoms with E-state index in [2.05, 4.69) is 4.72 Å². The Bertz CT molecular complexity index is 1190. The van der Waals surface area contributed by atoms with E-state index in [0.717, 1.165) is 11.6 Å². The maximum absolute atomic E-state index is 13.6. The van der Waals surface area contributed by atoms with Gasteiger partial charge in [0.05, 0.1) is 28.5 Å². The Morgan fingerprint density at radius 2 is 1.48 bits per heavy atom. The SMILES string of the molecule is Cc1ccc(S(=O)(=O)N[C@@H](c2ccccc2)[C@H](C#N)c2ccccc2C(F)(F)F)cc1. The molecule has 0 radical (unpaired) electrons. The monoisotopic (exact) mass is 444 g/mol. The molecule has 0 unspecified atom stereocenters. The van der Waals surface area contributed by atoms with Gasteiger partial charge in [-0.1, -0.05) is 66.2 Å². The van der Waals surface area contributed by atoms with Gasteiger partial charge in [0.2, 0.25) is 10.0 Å². The van der Waals surface area contributed by atoms with Gasteiger partial charge in [0.1, 0.15) is 0 Å². The number of rotatable bonds is 6. The fourth-order valence-corrected chi connectivity index (χ4v) is 4.53. The normalized spacial score (nSPS) is 13.9. The zero-order valence-corrected chi connectivity index (χ0v) is 17.3. The van der Waals surface area contributed by atoms with Crippen molar-refractivity contribution in [2.24, 2.45) is 0 Å². The van der Waals surface area contributed by atoms with Crippen molar-refractivity contribution in [1.29, 1.82) is 5.26 Å². The number of nitrogens with one attached hydrogen (secondary N) is 1. The van der Waals surface area contributed by atoms with Gasteiger partial charge in [-0.05, 0) is 36.2 Å². The van der Waals surface area contributed by atoms with Gasteiger partial charge < -0.3 is 0 Å². The minimum Gasteiger partial charge on any atom is -0.207 e. The zero-order chi connectivity index (χ0) is 22.6. The van der Waals surface area contributed by atoms with Gasteiger partial charge >= 0.3 is 6.18 Å². The first-order valence-electron chi connectivity index (χ1n) is 9.33. The average molecular weight is 444 g/mol. The molecule has 0 saturated heterocycles. The van der Waals surface area contributed by atoms with Crippen molar-refractivity contribution in [2.45, 2.75) is 30.0 Å². The van der Waals surface area contributed by atoms with Crippen LogP contribution in [0.15, 0.2) is 83.8 Å². The topological polar surface area (TPSA) is 70.0 Å². The quantitative estimate of drug-likeness (QED) is 0.558. The molecule has 3 rings (SSSR count). The van der Waals surface area contributed by atoms with Crippen LogP contribution in [0, 0.1) is 18.3 Å². The van der Waals surface area contributed by atoms with Gasteiger partial charge in [-0.15, -0.1) is 0 Å². The summed E-state index contributed by atoms with van der Waals surface area (Å²) in [7, 11) is -4.12. The third-order valence-corrected chi connectivity index (χ3v) is 6.30. The molecule has 3 aromatic rings. The van der Waals surface area contributed by atoms with Crippen molar-refractivity contribution in [3.05, 3.63) is 101 Å². The summed E-state index contributed by atoms with van der Waals surface area (Å²) in [5.74, 6) is -1.42. The summed E-state index contributed by atoms with van der Waals surface area (Å²) >= 11 is 0. The van der Waals surface area contributed by atoms with E-state index < -0.39 is 33.7 Å². The van der Waals surface area contributed by atoms with Crippen LogP contribution in [-0.4, -0.2) is 8.42 Å². The van der Waals surface area contributed by atoms with Crippen LogP contribution in [0.1, 0.15) is 34.2 Å². The molecule has 0 aliphatic heterocycles. The van der Waals surface area contributed by atoms with E-state index in [0.29, 0.717) is 5.56 Å². The van der Waals surface area contributed by atoms with Crippen LogP contribution in [0.3, 0.4) is 0 Å². The van der Waals surface area contributed by atoms with E-state index in [1.54, 1.807) is 49.4 Å². The summed E-state index contributed by atoms with van der Waals surface area (Å²) in [5.41, 5.74) is -0.0377. The van der Waals surface area contributed by atoms with Crippen molar-refractivity contribution in [1.82, 2.24) is 4.72 Å². The molecule has 0 saturated carbocycles. The lowest BCUT2D eigenvalue weighted by Crippen LogP contribution is -2.33. The standard InChI is InChI=1S/C23H19F3N2O2S/c1-16-11-13-18(14-12-16)31(29,30)28-22(17-7-3-2-4-8-17)20(15-27)19-9-5-6-10-21(19)23(24,25)26/h2-14,20,22,28H,1H3/t20-,22+/m1/s1. The first-order chi connectivity index (χ1) is 14.6. The summed E-state index contributed by atoms with van der Waals surface area (Å²) in [5, 5.41) is 9.85. The van der Waals surface area contributed by atoms with Crippen molar-refractivity contribution < 1.29 is 21.6 Å². The summed E-state index contributed by atoms with van der Waals surface area (Å²) in [6, 6.07) is 19.5. The molecule has 1 N–H and O–H groups in total. The smallest absolute Gasteiger partial charge is 0.207 e. The molecule has 0 fully saturated rings. The molecule has 0 aliphatic carbocycles. The number of alkyl halides is 3. The number of sulfonamides is 1. The van der Waals surface area contributed by atoms with Gasteiger partial charge in [-0.25, -0.2) is 13.1 Å². The van der Waals surface area contributed by atoms with E-state index in [4.69, 9.17) is 0 Å². The Kier molecular flexibility index (Phi) is 6.48. The molecule has 4 nitrogen and oxygen atoms in total. The highest BCUT2D eigenvalue weighted by Gasteiger charge is 2.38. The molecule has 0 heterocycles. The van der Waals surface area contributed by atoms with Gasteiger partial charge in [0, 0.05) is 0 Å². The van der Waals surface area contributed by atoms with Crippen LogP contribution in [0.5, 0.6) is 0 Å². The first-order valence-corrected chi connectivity index (χ1v) is 10.8. The Morgan fingerprint density at radius 3 is 2.06 bits per heavy atom. The van der Waals surface area contributed by atoms with Crippen LogP contribution in [0.2, 0.25) is 0 Å². The second-order valence-corrected chi connectivity index (χ2v) is 8.73. The summed E-state index contributed by atoms with van der Waals surface area (Å²) < 4.78 is 69.3. The lowest BCUT2D eigenvalue weighted by molar-refractivity contribution is -0.138. The highest BCUT2D eigenvalue weighted by Crippen LogP contribution is 2.40. The van der Waals surface area contributed by atoms with Gasteiger partial charge in [0.25, 0.3) is 0 Å². The van der Waals surface area contributed by atoms with E-state index in [1.165, 1.54) is 30.3 Å². The largest absolute Gasteiger partial charge is 0.416 e. The third kappa shape index (κ3) is 5.13. The van der Waals surface area contributed by atoms with Gasteiger partial charge in [-0.2, -0.15) is 18.4 Å². The van der Waals surface area contributed by atoms with E-state index in [-0.39, 0.29) is 10.5 Å². The Morgan fingerprint density at radius 1 is 0.903 bits per heavy atom. The molecule has 2 atom stereocenters. The number of hydrogen-bond acceptors (Lipinski definition) is 3. The Labute approximate surface area is 179 Å².